The fourth-order valence-corrected chi connectivity index (χ4v) is 10.0. The molecule has 42 heavy (non-hydrogen) atoms. The number of anilines is 1. The number of aliphatic hydroxyl groups excluding tert-OH is 1. The van der Waals surface area contributed by atoms with Gasteiger partial charge in [0.15, 0.2) is 0 Å². The van der Waals surface area contributed by atoms with Crippen LogP contribution in [0.1, 0.15) is 30.9 Å². The molecule has 3 fully saturated rings. The molecule has 9 heteroatoms. The van der Waals surface area contributed by atoms with Crippen molar-refractivity contribution in [1.29, 1.82) is 0 Å². The second-order valence-electron chi connectivity index (χ2n) is 11.6. The fourth-order valence-electron chi connectivity index (χ4n) is 7.35. The van der Waals surface area contributed by atoms with Crippen LogP contribution >= 0.6 is 23.4 Å². The van der Waals surface area contributed by atoms with Gasteiger partial charge in [0.25, 0.3) is 5.91 Å². The Morgan fingerprint density at radius 1 is 1.10 bits per heavy atom. The maximum atomic E-state index is 14.7. The number of amides is 3. The maximum Gasteiger partial charge on any atom is 0.251 e. The van der Waals surface area contributed by atoms with E-state index in [0.717, 1.165) is 11.1 Å². The van der Waals surface area contributed by atoms with E-state index in [9.17, 15) is 19.5 Å². The summed E-state index contributed by atoms with van der Waals surface area (Å²) in [6.07, 6.45) is 4.68. The van der Waals surface area contributed by atoms with Crippen molar-refractivity contribution in [2.75, 3.05) is 31.1 Å². The molecular weight excluding hydrogens is 570 g/mol. The van der Waals surface area contributed by atoms with Gasteiger partial charge >= 0.3 is 0 Å². The van der Waals surface area contributed by atoms with Gasteiger partial charge in [-0.15, -0.1) is 24.9 Å². The largest absolute Gasteiger partial charge is 0.395 e. The topological polar surface area (TPSA) is 81.2 Å². The van der Waals surface area contributed by atoms with Crippen LogP contribution in [0.5, 0.6) is 0 Å². The first kappa shape index (κ1) is 30.4. The van der Waals surface area contributed by atoms with Gasteiger partial charge in [0, 0.05) is 30.9 Å². The number of para-hydroxylation sites is 1. The SMILES string of the molecule is C=CCN(Cc1ccccc1)C(=O)[C@H]1[C@H]2C(=O)N(CCO)C(C(=O)N(CC=C)c3c(C)cccc3Cl)C23CC[C@]1(C)S3. The lowest BCUT2D eigenvalue weighted by Gasteiger charge is -2.38. The number of β-amino-alcohol motifs (C(OH)–C–C–N with tert-alkyl or cyclic N) is 1. The molecule has 0 radical (unpaired) electrons. The molecule has 3 heterocycles. The number of rotatable bonds is 11. The number of carbonyl (C=O) groups is 3. The number of fused-ring (bicyclic) bond motifs is 1. The molecule has 3 amide bonds. The lowest BCUT2D eigenvalue weighted by molar-refractivity contribution is -0.145. The van der Waals surface area contributed by atoms with Crippen LogP contribution < -0.4 is 4.90 Å². The molecule has 5 rings (SSSR count). The predicted molar refractivity (Wildman–Crippen MR) is 168 cm³/mol. The quantitative estimate of drug-likeness (QED) is 0.369. The fraction of sp³-hybridized carbons (Fsp3) is 0.424. The molecule has 3 aliphatic rings. The number of aliphatic hydroxyl groups is 1. The number of likely N-dealkylation sites (tertiary alicyclic amines) is 1. The van der Waals surface area contributed by atoms with E-state index < -0.39 is 27.4 Å². The normalized spacial score (nSPS) is 27.6. The van der Waals surface area contributed by atoms with E-state index in [1.54, 1.807) is 39.8 Å². The van der Waals surface area contributed by atoms with Gasteiger partial charge in [0.1, 0.15) is 6.04 Å². The van der Waals surface area contributed by atoms with Crippen molar-refractivity contribution in [2.24, 2.45) is 11.8 Å². The zero-order chi connectivity index (χ0) is 30.2. The highest BCUT2D eigenvalue weighted by atomic mass is 35.5. The minimum Gasteiger partial charge on any atom is -0.395 e. The molecule has 2 aromatic carbocycles. The average Bonchev–Trinajstić information content (AvgIpc) is 3.53. The minimum absolute atomic E-state index is 0.00942. The molecule has 2 bridgehead atoms. The standard InChI is InChI=1S/C33H38ClN3O4S/c1-5-17-35(21-23-12-8-7-9-13-23)29(39)25-26-30(40)37(19-20-38)28(33(26)16-15-32(25,4)42-33)31(41)36(18-6-2)27-22(3)11-10-14-24(27)34/h5-14,25-26,28,38H,1-2,15-21H2,3-4H3/t25-,26+,28?,32+,33?/m1/s1. The lowest BCUT2D eigenvalue weighted by Crippen LogP contribution is -2.55. The maximum absolute atomic E-state index is 14.7. The highest BCUT2D eigenvalue weighted by Gasteiger charge is 2.77. The predicted octanol–water partition coefficient (Wildman–Crippen LogP) is 4.86. The molecule has 0 aromatic heterocycles. The second-order valence-corrected chi connectivity index (χ2v) is 13.9. The smallest absolute Gasteiger partial charge is 0.251 e. The molecule has 7 nitrogen and oxygen atoms in total. The van der Waals surface area contributed by atoms with Gasteiger partial charge in [-0.1, -0.05) is 66.2 Å². The third-order valence-corrected chi connectivity index (χ3v) is 11.3. The van der Waals surface area contributed by atoms with Gasteiger partial charge in [-0.25, -0.2) is 0 Å². The Kier molecular flexibility index (Phi) is 8.61. The molecule has 1 spiro atoms. The Hall–Kier alpha value is -3.07. The summed E-state index contributed by atoms with van der Waals surface area (Å²) in [5, 5.41) is 10.5. The summed E-state index contributed by atoms with van der Waals surface area (Å²) in [4.78, 5) is 48.3. The van der Waals surface area contributed by atoms with Crippen LogP contribution in [0.4, 0.5) is 5.69 Å². The third-order valence-electron chi connectivity index (χ3n) is 9.03. The molecule has 222 valence electrons. The van der Waals surface area contributed by atoms with Gasteiger partial charge in [-0.3, -0.25) is 14.4 Å². The Balaban J connectivity index is 1.57. The zero-order valence-electron chi connectivity index (χ0n) is 24.2. The summed E-state index contributed by atoms with van der Waals surface area (Å²) in [5.41, 5.74) is 2.40. The van der Waals surface area contributed by atoms with Crippen molar-refractivity contribution in [2.45, 2.75) is 48.8 Å². The average molecular weight is 608 g/mol. The summed E-state index contributed by atoms with van der Waals surface area (Å²) in [7, 11) is 0. The highest BCUT2D eigenvalue weighted by molar-refractivity contribution is 8.02. The van der Waals surface area contributed by atoms with Crippen molar-refractivity contribution in [3.05, 3.63) is 90.0 Å². The number of nitrogens with zero attached hydrogens (tertiary/aromatic N) is 3. The van der Waals surface area contributed by atoms with Crippen LogP contribution in [0, 0.1) is 18.8 Å². The first-order chi connectivity index (χ1) is 20.1. The minimum atomic E-state index is -0.857. The number of hydrogen-bond donors (Lipinski definition) is 1. The summed E-state index contributed by atoms with van der Waals surface area (Å²) in [6.45, 7) is 12.4. The van der Waals surface area contributed by atoms with Crippen molar-refractivity contribution < 1.29 is 19.5 Å². The van der Waals surface area contributed by atoms with Crippen LogP contribution in [0.2, 0.25) is 5.02 Å². The molecule has 0 aliphatic carbocycles. The number of carbonyl (C=O) groups excluding carboxylic acids is 3. The number of benzene rings is 2. The summed E-state index contributed by atoms with van der Waals surface area (Å²) < 4.78 is -1.32. The van der Waals surface area contributed by atoms with Crippen molar-refractivity contribution >= 4 is 46.8 Å². The number of hydrogen-bond acceptors (Lipinski definition) is 5. The van der Waals surface area contributed by atoms with Gasteiger partial charge in [0.2, 0.25) is 11.8 Å². The Morgan fingerprint density at radius 3 is 2.45 bits per heavy atom. The molecule has 0 saturated carbocycles. The molecule has 1 N–H and O–H groups in total. The van der Waals surface area contributed by atoms with Crippen molar-refractivity contribution in [3.63, 3.8) is 0 Å². The second kappa shape index (κ2) is 11.9. The van der Waals surface area contributed by atoms with E-state index >= 15 is 0 Å². The summed E-state index contributed by atoms with van der Waals surface area (Å²) >= 11 is 8.25. The van der Waals surface area contributed by atoms with E-state index in [2.05, 4.69) is 20.1 Å². The van der Waals surface area contributed by atoms with Gasteiger partial charge in [-0.2, -0.15) is 0 Å². The van der Waals surface area contributed by atoms with Crippen LogP contribution in [-0.2, 0) is 20.9 Å². The van der Waals surface area contributed by atoms with Crippen molar-refractivity contribution in [3.8, 4) is 0 Å². The zero-order valence-corrected chi connectivity index (χ0v) is 25.7. The van der Waals surface area contributed by atoms with Gasteiger partial charge in [0.05, 0.1) is 33.9 Å². The van der Waals surface area contributed by atoms with E-state index in [1.807, 2.05) is 49.4 Å². The number of halogens is 1. The first-order valence-electron chi connectivity index (χ1n) is 14.4. The monoisotopic (exact) mass is 607 g/mol. The molecule has 2 aromatic rings. The molecule has 3 aliphatic heterocycles. The Labute approximate surface area is 257 Å². The van der Waals surface area contributed by atoms with Crippen LogP contribution in [-0.4, -0.2) is 74.4 Å². The van der Waals surface area contributed by atoms with Crippen LogP contribution in [0.25, 0.3) is 0 Å². The molecule has 5 atom stereocenters. The van der Waals surface area contributed by atoms with E-state index in [-0.39, 0.29) is 37.4 Å². The molecule has 3 saturated heterocycles. The summed E-state index contributed by atoms with van der Waals surface area (Å²) in [6, 6.07) is 14.4. The number of thioether (sulfide) groups is 1. The third kappa shape index (κ3) is 4.87. The van der Waals surface area contributed by atoms with Gasteiger partial charge in [-0.05, 0) is 43.9 Å². The molecular formula is C33H38ClN3O4S. The number of aryl methyl sites for hydroxylation is 1. The van der Waals surface area contributed by atoms with Crippen LogP contribution in [0.3, 0.4) is 0 Å². The van der Waals surface area contributed by atoms with Crippen molar-refractivity contribution in [1.82, 2.24) is 9.80 Å². The first-order valence-corrected chi connectivity index (χ1v) is 15.6. The Bertz CT molecular complexity index is 1380. The highest BCUT2D eigenvalue weighted by Crippen LogP contribution is 2.71. The van der Waals surface area contributed by atoms with E-state index in [4.69, 9.17) is 11.6 Å². The van der Waals surface area contributed by atoms with Gasteiger partial charge < -0.3 is 19.8 Å². The Morgan fingerprint density at radius 2 is 1.81 bits per heavy atom. The summed E-state index contributed by atoms with van der Waals surface area (Å²) in [5.74, 6) is -1.91. The molecule has 2 unspecified atom stereocenters. The lowest BCUT2D eigenvalue weighted by atomic mass is 9.66. The van der Waals surface area contributed by atoms with E-state index in [0.29, 0.717) is 36.6 Å². The van der Waals surface area contributed by atoms with E-state index in [1.165, 1.54) is 4.90 Å². The van der Waals surface area contributed by atoms with Crippen LogP contribution in [0.15, 0.2) is 73.8 Å².